The minimum atomic E-state index is -4.77. The second-order valence-electron chi connectivity index (χ2n) is 7.64. The summed E-state index contributed by atoms with van der Waals surface area (Å²) in [7, 11) is -2.28. The van der Waals surface area contributed by atoms with Crippen molar-refractivity contribution < 1.29 is 35.9 Å². The number of carbonyl (C=O) groups excluding carboxylic acids is 1. The molecule has 0 bridgehead atoms. The Labute approximate surface area is 210 Å². The molecule has 2 aromatic heterocycles. The number of methoxy groups -OCH3 is 1. The SMILES string of the molecule is COc1cccc(CN(CCc2ccc(OC(F)(F)F)cc2)c2nc(C(=O)NS(C)(=O)=O)c(C)s2)n1. The van der Waals surface area contributed by atoms with Crippen LogP contribution in [0.25, 0.3) is 0 Å². The molecule has 0 aliphatic rings. The maximum atomic E-state index is 12.4. The van der Waals surface area contributed by atoms with Crippen LogP contribution in [0.4, 0.5) is 18.3 Å². The Balaban J connectivity index is 1.84. The number of nitrogens with zero attached hydrogens (tertiary/aromatic N) is 3. The largest absolute Gasteiger partial charge is 0.573 e. The van der Waals surface area contributed by atoms with Gasteiger partial charge in [0, 0.05) is 17.5 Å². The van der Waals surface area contributed by atoms with Crippen LogP contribution in [-0.4, -0.2) is 50.6 Å². The second kappa shape index (κ2) is 11.1. The third-order valence-corrected chi connectivity index (χ3v) is 6.31. The number of aromatic nitrogens is 2. The lowest BCUT2D eigenvalue weighted by Gasteiger charge is -2.22. The molecule has 0 unspecified atom stereocenters. The molecule has 1 N–H and O–H groups in total. The van der Waals surface area contributed by atoms with E-state index in [0.29, 0.717) is 34.5 Å². The number of halogens is 3. The molecule has 3 aromatic rings. The fourth-order valence-corrected chi connectivity index (χ4v) is 4.53. The summed E-state index contributed by atoms with van der Waals surface area (Å²) >= 11 is 1.21. The molecule has 0 aliphatic heterocycles. The Morgan fingerprint density at radius 3 is 2.44 bits per heavy atom. The van der Waals surface area contributed by atoms with Crippen LogP contribution in [0.3, 0.4) is 0 Å². The van der Waals surface area contributed by atoms with Crippen molar-refractivity contribution in [2.45, 2.75) is 26.3 Å². The van der Waals surface area contributed by atoms with Crippen LogP contribution >= 0.6 is 11.3 Å². The normalized spacial score (nSPS) is 11.7. The van der Waals surface area contributed by atoms with Gasteiger partial charge in [0.2, 0.25) is 15.9 Å². The van der Waals surface area contributed by atoms with E-state index in [1.54, 1.807) is 25.1 Å². The number of alkyl halides is 3. The molecule has 3 rings (SSSR count). The molecule has 1 aromatic carbocycles. The molecule has 0 spiro atoms. The van der Waals surface area contributed by atoms with Crippen LogP contribution in [0.2, 0.25) is 0 Å². The van der Waals surface area contributed by atoms with Gasteiger partial charge < -0.3 is 14.4 Å². The van der Waals surface area contributed by atoms with Gasteiger partial charge in [0.1, 0.15) is 11.4 Å². The molecule has 0 atom stereocenters. The van der Waals surface area contributed by atoms with Crippen molar-refractivity contribution in [1.29, 1.82) is 0 Å². The molecule has 0 fully saturated rings. The Kier molecular flexibility index (Phi) is 8.40. The fraction of sp³-hybridized carbons (Fsp3) is 0.318. The first kappa shape index (κ1) is 27.2. The number of thiazole rings is 1. The summed E-state index contributed by atoms with van der Waals surface area (Å²) in [5, 5.41) is 0.452. The van der Waals surface area contributed by atoms with Crippen molar-refractivity contribution in [3.63, 3.8) is 0 Å². The van der Waals surface area contributed by atoms with E-state index in [1.807, 2.05) is 9.62 Å². The highest BCUT2D eigenvalue weighted by molar-refractivity contribution is 7.89. The zero-order chi connectivity index (χ0) is 26.5. The Morgan fingerprint density at radius 2 is 1.83 bits per heavy atom. The molecule has 0 saturated carbocycles. The van der Waals surface area contributed by atoms with Gasteiger partial charge in [-0.05, 0) is 37.1 Å². The minimum absolute atomic E-state index is 0.0160. The molecule has 1 amide bonds. The summed E-state index contributed by atoms with van der Waals surface area (Å²) < 4.78 is 71.2. The van der Waals surface area contributed by atoms with Gasteiger partial charge in [-0.15, -0.1) is 24.5 Å². The Hall–Kier alpha value is -3.39. The number of aryl methyl sites for hydroxylation is 1. The van der Waals surface area contributed by atoms with E-state index in [4.69, 9.17) is 4.74 Å². The standard InChI is InChI=1S/C22H23F3N4O5S2/c1-14-19(20(30)28-36(3,31)32)27-21(35-14)29(13-16-5-4-6-18(26-16)33-2)12-11-15-7-9-17(10-8-15)34-22(23,24)25/h4-10H,11-13H2,1-3H3,(H,28,30). The van der Waals surface area contributed by atoms with Gasteiger partial charge in [0.15, 0.2) is 5.13 Å². The summed E-state index contributed by atoms with van der Waals surface area (Å²) in [5.41, 5.74) is 1.38. The highest BCUT2D eigenvalue weighted by atomic mass is 32.2. The van der Waals surface area contributed by atoms with Crippen LogP contribution in [0, 0.1) is 6.92 Å². The highest BCUT2D eigenvalue weighted by Gasteiger charge is 2.31. The van der Waals surface area contributed by atoms with E-state index in [9.17, 15) is 26.4 Å². The first-order chi connectivity index (χ1) is 16.8. The molecular formula is C22H23F3N4O5S2. The third-order valence-electron chi connectivity index (χ3n) is 4.72. The van der Waals surface area contributed by atoms with E-state index >= 15 is 0 Å². The molecule has 2 heterocycles. The van der Waals surface area contributed by atoms with Crippen LogP contribution < -0.4 is 19.1 Å². The molecule has 9 nitrogen and oxygen atoms in total. The molecule has 0 radical (unpaired) electrons. The van der Waals surface area contributed by atoms with E-state index in [0.717, 1.165) is 11.8 Å². The van der Waals surface area contributed by atoms with E-state index in [-0.39, 0.29) is 18.0 Å². The van der Waals surface area contributed by atoms with E-state index < -0.39 is 22.3 Å². The number of carbonyl (C=O) groups is 1. The molecule has 14 heteroatoms. The number of benzene rings is 1. The number of anilines is 1. The smallest absolute Gasteiger partial charge is 0.481 e. The number of sulfonamides is 1. The van der Waals surface area contributed by atoms with Crippen LogP contribution in [0.5, 0.6) is 11.6 Å². The maximum Gasteiger partial charge on any atom is 0.573 e. The number of amides is 1. The van der Waals surface area contributed by atoms with Gasteiger partial charge in [-0.1, -0.05) is 18.2 Å². The summed E-state index contributed by atoms with van der Waals surface area (Å²) in [4.78, 5) is 23.5. The van der Waals surface area contributed by atoms with Crippen molar-refractivity contribution in [2.75, 3.05) is 24.8 Å². The number of nitrogens with one attached hydrogen (secondary N) is 1. The van der Waals surface area contributed by atoms with Crippen molar-refractivity contribution in [3.8, 4) is 11.6 Å². The first-order valence-corrected chi connectivity index (χ1v) is 13.1. The highest BCUT2D eigenvalue weighted by Crippen LogP contribution is 2.28. The average molecular weight is 545 g/mol. The quantitative estimate of drug-likeness (QED) is 0.412. The summed E-state index contributed by atoms with van der Waals surface area (Å²) in [6, 6.07) is 10.8. The average Bonchev–Trinajstić information content (AvgIpc) is 3.17. The van der Waals surface area contributed by atoms with Crippen LogP contribution in [0.1, 0.15) is 26.6 Å². The number of pyridine rings is 1. The summed E-state index contributed by atoms with van der Waals surface area (Å²) in [5.74, 6) is -0.741. The topological polar surface area (TPSA) is 111 Å². The molecule has 0 saturated heterocycles. The third kappa shape index (κ3) is 8.09. The second-order valence-corrected chi connectivity index (χ2v) is 10.6. The van der Waals surface area contributed by atoms with Gasteiger partial charge >= 0.3 is 6.36 Å². The predicted octanol–water partition coefficient (Wildman–Crippen LogP) is 3.69. The number of ether oxygens (including phenoxy) is 2. The number of hydrogen-bond acceptors (Lipinski definition) is 9. The number of rotatable bonds is 10. The molecule has 0 aliphatic carbocycles. The zero-order valence-corrected chi connectivity index (χ0v) is 21.1. The van der Waals surface area contributed by atoms with Crippen molar-refractivity contribution >= 4 is 32.4 Å². The first-order valence-electron chi connectivity index (χ1n) is 10.4. The number of hydrogen-bond donors (Lipinski definition) is 1. The Morgan fingerprint density at radius 1 is 1.14 bits per heavy atom. The lowest BCUT2D eigenvalue weighted by atomic mass is 10.1. The van der Waals surface area contributed by atoms with Crippen LogP contribution in [0.15, 0.2) is 42.5 Å². The van der Waals surface area contributed by atoms with E-state index in [2.05, 4.69) is 14.7 Å². The lowest BCUT2D eigenvalue weighted by Crippen LogP contribution is -2.30. The lowest BCUT2D eigenvalue weighted by molar-refractivity contribution is -0.274. The van der Waals surface area contributed by atoms with Gasteiger partial charge in [-0.3, -0.25) is 4.79 Å². The minimum Gasteiger partial charge on any atom is -0.481 e. The van der Waals surface area contributed by atoms with Crippen molar-refractivity contribution in [3.05, 3.63) is 64.3 Å². The molecule has 36 heavy (non-hydrogen) atoms. The zero-order valence-electron chi connectivity index (χ0n) is 19.5. The Bertz CT molecular complexity index is 1310. The van der Waals surface area contributed by atoms with Crippen molar-refractivity contribution in [2.24, 2.45) is 0 Å². The summed E-state index contributed by atoms with van der Waals surface area (Å²) in [6.07, 6.45) is -3.47. The monoisotopic (exact) mass is 544 g/mol. The van der Waals surface area contributed by atoms with Gasteiger partial charge in [-0.25, -0.2) is 23.1 Å². The van der Waals surface area contributed by atoms with Crippen molar-refractivity contribution in [1.82, 2.24) is 14.7 Å². The molecule has 194 valence electrons. The van der Waals surface area contributed by atoms with E-state index in [1.165, 1.54) is 42.7 Å². The van der Waals surface area contributed by atoms with Crippen LogP contribution in [-0.2, 0) is 23.0 Å². The molecular weight excluding hydrogens is 521 g/mol. The maximum absolute atomic E-state index is 12.4. The van der Waals surface area contributed by atoms with Gasteiger partial charge in [0.25, 0.3) is 5.91 Å². The van der Waals surface area contributed by atoms with Gasteiger partial charge in [0.05, 0.1) is 25.6 Å². The van der Waals surface area contributed by atoms with Gasteiger partial charge in [-0.2, -0.15) is 0 Å². The summed E-state index contributed by atoms with van der Waals surface area (Å²) in [6.45, 7) is 2.31. The predicted molar refractivity (Wildman–Crippen MR) is 128 cm³/mol. The fourth-order valence-electron chi connectivity index (χ4n) is 3.16.